The summed E-state index contributed by atoms with van der Waals surface area (Å²) in [5.74, 6) is 2.07. The molecule has 0 amide bonds. The first-order chi connectivity index (χ1) is 24.4. The number of phenolic OH excluding ortho intramolecular Hbond substituents is 1. The van der Waals surface area contributed by atoms with E-state index < -0.39 is 21.0 Å². The van der Waals surface area contributed by atoms with Crippen molar-refractivity contribution in [3.8, 4) is 45.3 Å². The molecular formula is C44H42O6S. The molecule has 0 saturated carbocycles. The smallest absolute Gasteiger partial charge is 0.206 e. The van der Waals surface area contributed by atoms with Crippen molar-refractivity contribution in [2.45, 2.75) is 61.5 Å². The molecule has 0 aliphatic carbocycles. The van der Waals surface area contributed by atoms with E-state index in [1.54, 1.807) is 48.5 Å². The lowest BCUT2D eigenvalue weighted by Crippen LogP contribution is -2.28. The molecule has 51 heavy (non-hydrogen) atoms. The van der Waals surface area contributed by atoms with Gasteiger partial charge in [0.2, 0.25) is 9.84 Å². The van der Waals surface area contributed by atoms with Gasteiger partial charge in [-0.3, -0.25) is 0 Å². The Labute approximate surface area is 300 Å². The molecule has 0 aliphatic heterocycles. The maximum absolute atomic E-state index is 13.6. The highest BCUT2D eigenvalue weighted by Gasteiger charge is 2.28. The number of phenols is 1. The third kappa shape index (κ3) is 7.85. The van der Waals surface area contributed by atoms with E-state index in [1.807, 2.05) is 125 Å². The summed E-state index contributed by atoms with van der Waals surface area (Å²) in [7, 11) is -3.77. The van der Waals surface area contributed by atoms with Crippen LogP contribution in [0.5, 0.6) is 23.0 Å². The van der Waals surface area contributed by atoms with Crippen molar-refractivity contribution < 1.29 is 28.1 Å². The molecule has 2 unspecified atom stereocenters. The van der Waals surface area contributed by atoms with Crippen LogP contribution >= 0.6 is 0 Å². The fourth-order valence-corrected chi connectivity index (χ4v) is 7.11. The number of ether oxygens (including phenoxy) is 2. The van der Waals surface area contributed by atoms with E-state index in [0.717, 1.165) is 33.4 Å². The zero-order chi connectivity index (χ0) is 36.2. The van der Waals surface area contributed by atoms with Gasteiger partial charge < -0.3 is 19.7 Å². The van der Waals surface area contributed by atoms with E-state index >= 15 is 0 Å². The number of sulfone groups is 1. The monoisotopic (exact) mass is 698 g/mol. The normalized spacial score (nSPS) is 13.9. The molecule has 0 saturated heterocycles. The summed E-state index contributed by atoms with van der Waals surface area (Å²) >= 11 is 0. The third-order valence-corrected chi connectivity index (χ3v) is 11.4. The summed E-state index contributed by atoms with van der Waals surface area (Å²) in [6.45, 7) is 7.80. The predicted octanol–water partition coefficient (Wildman–Crippen LogP) is 10.7. The minimum Gasteiger partial charge on any atom is -0.508 e. The summed E-state index contributed by atoms with van der Waals surface area (Å²) in [5.41, 5.74) is 4.26. The number of rotatable bonds is 12. The molecule has 2 N–H and O–H groups in total. The second-order valence-corrected chi connectivity index (χ2v) is 15.0. The zero-order valence-electron chi connectivity index (χ0n) is 29.2. The first kappa shape index (κ1) is 35.5. The van der Waals surface area contributed by atoms with Crippen LogP contribution in [0.15, 0.2) is 155 Å². The molecule has 0 heterocycles. The van der Waals surface area contributed by atoms with E-state index in [1.165, 1.54) is 0 Å². The Kier molecular flexibility index (Phi) is 10.1. The van der Waals surface area contributed by atoms with E-state index in [-0.39, 0.29) is 15.5 Å². The second-order valence-electron chi connectivity index (χ2n) is 13.1. The lowest BCUT2D eigenvalue weighted by molar-refractivity contribution is 0.0531. The number of aromatic hydroxyl groups is 1. The van der Waals surface area contributed by atoms with Gasteiger partial charge in [0.25, 0.3) is 0 Å². The van der Waals surface area contributed by atoms with Crippen LogP contribution in [0.2, 0.25) is 0 Å². The molecule has 0 bridgehead atoms. The van der Waals surface area contributed by atoms with Crippen LogP contribution in [0.25, 0.3) is 22.3 Å². The van der Waals surface area contributed by atoms with Gasteiger partial charge in [-0.05, 0) is 133 Å². The highest BCUT2D eigenvalue weighted by atomic mass is 32.2. The van der Waals surface area contributed by atoms with Crippen molar-refractivity contribution in [1.82, 2.24) is 0 Å². The van der Waals surface area contributed by atoms with Crippen LogP contribution in [-0.4, -0.2) is 18.6 Å². The SMILES string of the molecule is CCC(C)(O)c1ccc(-c2ccc(Oc3ccc(S(=O)(=O)c4ccc(C(C)(CC)Oc5ccc(-c6ccc(O)cc6)cc5)cc4)cc3)cc2)cc1. The van der Waals surface area contributed by atoms with Crippen LogP contribution in [-0.2, 0) is 21.0 Å². The second kappa shape index (κ2) is 14.5. The summed E-state index contributed by atoms with van der Waals surface area (Å²) in [6.07, 6.45) is 1.30. The van der Waals surface area contributed by atoms with Crippen LogP contribution in [0.3, 0.4) is 0 Å². The molecule has 6 aromatic rings. The van der Waals surface area contributed by atoms with E-state index in [9.17, 15) is 18.6 Å². The quantitative estimate of drug-likeness (QED) is 0.132. The van der Waals surface area contributed by atoms with Gasteiger partial charge in [0.15, 0.2) is 0 Å². The van der Waals surface area contributed by atoms with E-state index in [0.29, 0.717) is 30.1 Å². The number of hydrogen-bond acceptors (Lipinski definition) is 6. The maximum Gasteiger partial charge on any atom is 0.206 e. The van der Waals surface area contributed by atoms with Crippen molar-refractivity contribution in [2.24, 2.45) is 0 Å². The molecule has 6 aromatic carbocycles. The van der Waals surface area contributed by atoms with Crippen LogP contribution in [0.1, 0.15) is 51.7 Å². The van der Waals surface area contributed by atoms with Crippen LogP contribution < -0.4 is 9.47 Å². The topological polar surface area (TPSA) is 93.1 Å². The molecular weight excluding hydrogens is 657 g/mol. The van der Waals surface area contributed by atoms with Gasteiger partial charge in [-0.1, -0.05) is 86.6 Å². The zero-order valence-corrected chi connectivity index (χ0v) is 30.0. The fourth-order valence-electron chi connectivity index (χ4n) is 5.85. The first-order valence-corrected chi connectivity index (χ1v) is 18.5. The fraction of sp³-hybridized carbons (Fsp3) is 0.182. The van der Waals surface area contributed by atoms with Gasteiger partial charge in [-0.25, -0.2) is 8.42 Å². The molecule has 0 spiro atoms. The summed E-state index contributed by atoms with van der Waals surface area (Å²) in [5, 5.41) is 20.1. The summed E-state index contributed by atoms with van der Waals surface area (Å²) in [6, 6.07) is 43.7. The van der Waals surface area contributed by atoms with Crippen molar-refractivity contribution in [3.05, 3.63) is 157 Å². The minimum atomic E-state index is -3.77. The standard InChI is InChI=1S/C44H42O6S/c1-5-43(3,46)35-15-7-31(8-16-35)33-11-21-38(22-12-33)49-39-25-29-42(30-26-39)51(47,48)41-27-17-36(18-28-41)44(4,6-2)50-40-23-13-34(14-24-40)32-9-19-37(45)20-10-32/h7-30,45-46H,5-6H2,1-4H3. The van der Waals surface area contributed by atoms with Gasteiger partial charge in [0.05, 0.1) is 15.4 Å². The molecule has 7 heteroatoms. The number of hydrogen-bond donors (Lipinski definition) is 2. The first-order valence-electron chi connectivity index (χ1n) is 17.1. The van der Waals surface area contributed by atoms with Crippen molar-refractivity contribution in [2.75, 3.05) is 0 Å². The number of aliphatic hydroxyl groups is 1. The molecule has 260 valence electrons. The van der Waals surface area contributed by atoms with Gasteiger partial charge in [0, 0.05) is 0 Å². The van der Waals surface area contributed by atoms with Crippen LogP contribution in [0.4, 0.5) is 0 Å². The predicted molar refractivity (Wildman–Crippen MR) is 202 cm³/mol. The Morgan fingerprint density at radius 2 is 0.882 bits per heavy atom. The van der Waals surface area contributed by atoms with E-state index in [4.69, 9.17) is 9.47 Å². The van der Waals surface area contributed by atoms with Crippen LogP contribution in [0, 0.1) is 0 Å². The molecule has 0 fully saturated rings. The lowest BCUT2D eigenvalue weighted by Gasteiger charge is -2.30. The Morgan fingerprint density at radius 1 is 0.510 bits per heavy atom. The van der Waals surface area contributed by atoms with Gasteiger partial charge >= 0.3 is 0 Å². The Balaban J connectivity index is 1.10. The van der Waals surface area contributed by atoms with Crippen molar-refractivity contribution in [1.29, 1.82) is 0 Å². The minimum absolute atomic E-state index is 0.173. The largest absolute Gasteiger partial charge is 0.508 e. The van der Waals surface area contributed by atoms with Gasteiger partial charge in [0.1, 0.15) is 28.6 Å². The van der Waals surface area contributed by atoms with Crippen molar-refractivity contribution >= 4 is 9.84 Å². The highest BCUT2D eigenvalue weighted by molar-refractivity contribution is 7.91. The molecule has 0 aliphatic rings. The molecule has 6 rings (SSSR count). The summed E-state index contributed by atoms with van der Waals surface area (Å²) in [4.78, 5) is 0.366. The maximum atomic E-state index is 13.6. The third-order valence-electron chi connectivity index (χ3n) is 9.60. The summed E-state index contributed by atoms with van der Waals surface area (Å²) < 4.78 is 39.6. The molecule has 6 nitrogen and oxygen atoms in total. The Morgan fingerprint density at radius 3 is 1.33 bits per heavy atom. The average molecular weight is 699 g/mol. The molecule has 2 atom stereocenters. The van der Waals surface area contributed by atoms with E-state index in [2.05, 4.69) is 0 Å². The number of benzene rings is 6. The Bertz CT molecular complexity index is 2170. The molecule has 0 aromatic heterocycles. The Hall–Kier alpha value is -5.37. The lowest BCUT2D eigenvalue weighted by atomic mass is 9.92. The average Bonchev–Trinajstić information content (AvgIpc) is 3.16. The highest BCUT2D eigenvalue weighted by Crippen LogP contribution is 2.35. The van der Waals surface area contributed by atoms with Crippen molar-refractivity contribution in [3.63, 3.8) is 0 Å². The van der Waals surface area contributed by atoms with Gasteiger partial charge in [-0.2, -0.15) is 0 Å². The van der Waals surface area contributed by atoms with Gasteiger partial charge in [-0.15, -0.1) is 0 Å². The molecule has 0 radical (unpaired) electrons.